The topological polar surface area (TPSA) is 32.3 Å². The molecule has 0 aliphatic carbocycles. The molecule has 0 saturated carbocycles. The highest BCUT2D eigenvalue weighted by Gasteiger charge is 2.46. The zero-order valence-electron chi connectivity index (χ0n) is 6.27. The van der Waals surface area contributed by atoms with Gasteiger partial charge in [-0.15, -0.1) is 12.4 Å². The van der Waals surface area contributed by atoms with Gasteiger partial charge in [0.1, 0.15) is 0 Å². The minimum Gasteiger partial charge on any atom is -0.396 e. The Labute approximate surface area is 74.6 Å². The van der Waals surface area contributed by atoms with Gasteiger partial charge in [-0.3, -0.25) is 0 Å². The van der Waals surface area contributed by atoms with Crippen molar-refractivity contribution in [2.24, 2.45) is 11.8 Å². The van der Waals surface area contributed by atoms with Crippen molar-refractivity contribution in [3.8, 4) is 0 Å². The third-order valence-electron chi connectivity index (χ3n) is 1.99. The molecule has 6 heteroatoms. The first-order valence-corrected chi connectivity index (χ1v) is 3.44. The molecule has 2 atom stereocenters. The molecule has 0 spiro atoms. The molecule has 1 rings (SSSR count). The van der Waals surface area contributed by atoms with Crippen molar-refractivity contribution in [2.75, 3.05) is 19.7 Å². The summed E-state index contributed by atoms with van der Waals surface area (Å²) < 4.78 is 36.1. The van der Waals surface area contributed by atoms with E-state index < -0.39 is 24.6 Å². The summed E-state index contributed by atoms with van der Waals surface area (Å²) in [6.45, 7) is -0.188. The Kier molecular flexibility index (Phi) is 4.30. The van der Waals surface area contributed by atoms with Gasteiger partial charge >= 0.3 is 6.18 Å². The summed E-state index contributed by atoms with van der Waals surface area (Å²) in [5, 5.41) is 11.2. The average Bonchev–Trinajstić information content (AvgIpc) is 2.31. The number of hydrogen-bond donors (Lipinski definition) is 2. The fourth-order valence-electron chi connectivity index (χ4n) is 1.31. The number of halogens is 4. The molecule has 0 bridgehead atoms. The second-order valence-corrected chi connectivity index (χ2v) is 2.75. The fourth-order valence-corrected chi connectivity index (χ4v) is 1.31. The molecule has 1 aliphatic rings. The summed E-state index contributed by atoms with van der Waals surface area (Å²) in [6.07, 6.45) is -4.17. The number of alkyl halides is 3. The molecule has 1 saturated heterocycles. The van der Waals surface area contributed by atoms with E-state index in [-0.39, 0.29) is 25.5 Å². The molecular weight excluding hydrogens is 195 g/mol. The van der Waals surface area contributed by atoms with Crippen LogP contribution in [-0.2, 0) is 0 Å². The Balaban J connectivity index is 0.00000121. The minimum absolute atomic E-state index is 0. The molecule has 0 aromatic heterocycles. The van der Waals surface area contributed by atoms with Crippen LogP contribution in [0.5, 0.6) is 0 Å². The minimum atomic E-state index is -4.17. The maximum Gasteiger partial charge on any atom is 0.393 e. The molecular formula is C6H11ClF3NO. The van der Waals surface area contributed by atoms with Crippen LogP contribution >= 0.6 is 12.4 Å². The van der Waals surface area contributed by atoms with Crippen LogP contribution in [0.4, 0.5) is 13.2 Å². The molecule has 74 valence electrons. The maximum absolute atomic E-state index is 12.0. The highest BCUT2D eigenvalue weighted by molar-refractivity contribution is 5.85. The van der Waals surface area contributed by atoms with Crippen LogP contribution in [0.15, 0.2) is 0 Å². The van der Waals surface area contributed by atoms with Crippen LogP contribution < -0.4 is 5.32 Å². The zero-order valence-corrected chi connectivity index (χ0v) is 7.08. The highest BCUT2D eigenvalue weighted by atomic mass is 35.5. The molecule has 1 aliphatic heterocycles. The maximum atomic E-state index is 12.0. The molecule has 2 N–H and O–H groups in total. The third kappa shape index (κ3) is 2.50. The van der Waals surface area contributed by atoms with Crippen LogP contribution in [0.2, 0.25) is 0 Å². The first-order chi connectivity index (χ1) is 5.05. The smallest absolute Gasteiger partial charge is 0.393 e. The van der Waals surface area contributed by atoms with Gasteiger partial charge in [0.15, 0.2) is 0 Å². The van der Waals surface area contributed by atoms with E-state index in [1.807, 2.05) is 0 Å². The van der Waals surface area contributed by atoms with Gasteiger partial charge in [-0.25, -0.2) is 0 Å². The molecule has 2 nitrogen and oxygen atoms in total. The Hall–Kier alpha value is -0.0000000000000000555. The quantitative estimate of drug-likeness (QED) is 0.664. The summed E-state index contributed by atoms with van der Waals surface area (Å²) in [5.74, 6) is -2.03. The lowest BCUT2D eigenvalue weighted by molar-refractivity contribution is -0.181. The van der Waals surface area contributed by atoms with Crippen LogP contribution in [0.3, 0.4) is 0 Å². The van der Waals surface area contributed by atoms with Crippen LogP contribution in [0.25, 0.3) is 0 Å². The normalized spacial score (nSPS) is 30.0. The van der Waals surface area contributed by atoms with Crippen molar-refractivity contribution < 1.29 is 18.3 Å². The lowest BCUT2D eigenvalue weighted by Gasteiger charge is -2.18. The standard InChI is InChI=1S/C6H10F3NO.ClH/c7-6(8,9)5-2-10-1-4(5)3-11;/h4-5,10-11H,1-3H2;1H. The van der Waals surface area contributed by atoms with Gasteiger partial charge in [0.05, 0.1) is 5.92 Å². The highest BCUT2D eigenvalue weighted by Crippen LogP contribution is 2.33. The number of aliphatic hydroxyl groups excluding tert-OH is 1. The van der Waals surface area contributed by atoms with E-state index in [0.717, 1.165) is 0 Å². The zero-order chi connectivity index (χ0) is 8.48. The van der Waals surface area contributed by atoms with Crippen molar-refractivity contribution in [2.45, 2.75) is 6.18 Å². The monoisotopic (exact) mass is 205 g/mol. The predicted octanol–water partition coefficient (Wildman–Crippen LogP) is 0.798. The van der Waals surface area contributed by atoms with E-state index in [2.05, 4.69) is 5.32 Å². The molecule has 1 fully saturated rings. The predicted molar refractivity (Wildman–Crippen MR) is 40.2 cm³/mol. The first-order valence-electron chi connectivity index (χ1n) is 3.44. The third-order valence-corrected chi connectivity index (χ3v) is 1.99. The second kappa shape index (κ2) is 4.30. The Morgan fingerprint density at radius 2 is 1.92 bits per heavy atom. The number of rotatable bonds is 1. The van der Waals surface area contributed by atoms with Gasteiger partial charge in [-0.1, -0.05) is 0 Å². The van der Waals surface area contributed by atoms with E-state index in [0.29, 0.717) is 0 Å². The van der Waals surface area contributed by atoms with Gasteiger partial charge in [-0.05, 0) is 0 Å². The number of hydrogen-bond acceptors (Lipinski definition) is 2. The van der Waals surface area contributed by atoms with Crippen LogP contribution in [-0.4, -0.2) is 31.0 Å². The summed E-state index contributed by atoms with van der Waals surface area (Å²) >= 11 is 0. The van der Waals surface area contributed by atoms with E-state index in [1.165, 1.54) is 0 Å². The van der Waals surface area contributed by atoms with Crippen molar-refractivity contribution in [1.82, 2.24) is 5.32 Å². The summed E-state index contributed by atoms with van der Waals surface area (Å²) in [4.78, 5) is 0. The van der Waals surface area contributed by atoms with Gasteiger partial charge < -0.3 is 10.4 Å². The van der Waals surface area contributed by atoms with Gasteiger partial charge in [-0.2, -0.15) is 13.2 Å². The van der Waals surface area contributed by atoms with Gasteiger partial charge in [0, 0.05) is 25.6 Å². The first kappa shape index (κ1) is 12.0. The molecule has 12 heavy (non-hydrogen) atoms. The number of aliphatic hydroxyl groups is 1. The lowest BCUT2D eigenvalue weighted by atomic mass is 9.97. The number of nitrogens with one attached hydrogen (secondary N) is 1. The second-order valence-electron chi connectivity index (χ2n) is 2.75. The summed E-state index contributed by atoms with van der Waals surface area (Å²) in [5.41, 5.74) is 0. The van der Waals surface area contributed by atoms with Crippen molar-refractivity contribution in [3.05, 3.63) is 0 Å². The molecule has 0 amide bonds. The van der Waals surface area contributed by atoms with Gasteiger partial charge in [0.25, 0.3) is 0 Å². The average molecular weight is 206 g/mol. The summed E-state index contributed by atoms with van der Waals surface area (Å²) in [7, 11) is 0. The largest absolute Gasteiger partial charge is 0.396 e. The van der Waals surface area contributed by atoms with Crippen molar-refractivity contribution in [1.29, 1.82) is 0 Å². The van der Waals surface area contributed by atoms with Crippen molar-refractivity contribution >= 4 is 12.4 Å². The lowest BCUT2D eigenvalue weighted by Crippen LogP contribution is -2.31. The van der Waals surface area contributed by atoms with Crippen LogP contribution in [0, 0.1) is 11.8 Å². The van der Waals surface area contributed by atoms with E-state index in [9.17, 15) is 13.2 Å². The molecule has 2 unspecified atom stereocenters. The summed E-state index contributed by atoms with van der Waals surface area (Å²) in [6, 6.07) is 0. The molecule has 0 radical (unpaired) electrons. The van der Waals surface area contributed by atoms with Gasteiger partial charge in [0.2, 0.25) is 0 Å². The van der Waals surface area contributed by atoms with E-state index in [4.69, 9.17) is 5.11 Å². The van der Waals surface area contributed by atoms with Crippen LogP contribution in [0.1, 0.15) is 0 Å². The van der Waals surface area contributed by atoms with Crippen molar-refractivity contribution in [3.63, 3.8) is 0 Å². The SMILES string of the molecule is Cl.OCC1CNCC1C(F)(F)F. The van der Waals surface area contributed by atoms with E-state index in [1.54, 1.807) is 0 Å². The molecule has 1 heterocycles. The molecule has 0 aromatic carbocycles. The fraction of sp³-hybridized carbons (Fsp3) is 1.00. The molecule has 0 aromatic rings. The van der Waals surface area contributed by atoms with E-state index >= 15 is 0 Å². The Bertz CT molecular complexity index is 141. The Morgan fingerprint density at radius 1 is 1.33 bits per heavy atom. The Morgan fingerprint density at radius 3 is 2.25 bits per heavy atom.